The molecule has 3 rings (SSSR count). The van der Waals surface area contributed by atoms with E-state index in [0.29, 0.717) is 19.5 Å². The van der Waals surface area contributed by atoms with Gasteiger partial charge in [-0.25, -0.2) is 4.99 Å². The summed E-state index contributed by atoms with van der Waals surface area (Å²) in [5, 5.41) is 16.8. The van der Waals surface area contributed by atoms with Crippen LogP contribution in [-0.4, -0.2) is 36.8 Å². The Morgan fingerprint density at radius 2 is 1.92 bits per heavy atom. The van der Waals surface area contributed by atoms with Crippen molar-refractivity contribution in [3.05, 3.63) is 65.7 Å². The molecule has 2 unspecified atom stereocenters. The minimum atomic E-state index is -0.473. The van der Waals surface area contributed by atoms with Gasteiger partial charge in [-0.05, 0) is 30.5 Å². The van der Waals surface area contributed by atoms with E-state index in [-0.39, 0.29) is 6.10 Å². The van der Waals surface area contributed by atoms with Crippen LogP contribution in [0.25, 0.3) is 0 Å². The van der Waals surface area contributed by atoms with Gasteiger partial charge in [-0.2, -0.15) is 0 Å². The number of aliphatic hydroxyl groups excluding tert-OH is 1. The van der Waals surface area contributed by atoms with Crippen LogP contribution in [0, 0.1) is 0 Å². The van der Waals surface area contributed by atoms with Gasteiger partial charge >= 0.3 is 0 Å². The minimum absolute atomic E-state index is 0.0813. The summed E-state index contributed by atoms with van der Waals surface area (Å²) in [5.74, 6) is 1.73. The molecule has 5 heteroatoms. The van der Waals surface area contributed by atoms with E-state index >= 15 is 0 Å². The Hall–Kier alpha value is -2.53. The van der Waals surface area contributed by atoms with Gasteiger partial charge in [-0.1, -0.05) is 48.5 Å². The standard InChI is InChI=1S/C21H27N3O2/c1-2-22-21(23-13-12-19(25)16-8-4-3-5-9-16)24-15-18-14-17-10-6-7-11-20(17)26-18/h3-11,18-19,25H,2,12-15H2,1H3,(H2,22,23,24). The fraction of sp³-hybridized carbons (Fsp3) is 0.381. The van der Waals surface area contributed by atoms with Crippen molar-refractivity contribution in [1.29, 1.82) is 0 Å². The second-order valence-corrected chi connectivity index (χ2v) is 6.41. The van der Waals surface area contributed by atoms with Crippen LogP contribution in [0.1, 0.15) is 30.6 Å². The number of nitrogens with one attached hydrogen (secondary N) is 2. The van der Waals surface area contributed by atoms with E-state index in [1.54, 1.807) is 0 Å². The first-order valence-corrected chi connectivity index (χ1v) is 9.26. The number of para-hydroxylation sites is 1. The molecule has 0 saturated heterocycles. The van der Waals surface area contributed by atoms with E-state index in [1.807, 2.05) is 55.5 Å². The molecule has 2 atom stereocenters. The number of nitrogens with zero attached hydrogens (tertiary/aromatic N) is 1. The SMILES string of the molecule is CCNC(=NCC1Cc2ccccc2O1)NCCC(O)c1ccccc1. The number of hydrogen-bond donors (Lipinski definition) is 3. The summed E-state index contributed by atoms with van der Waals surface area (Å²) in [5.41, 5.74) is 2.19. The van der Waals surface area contributed by atoms with Crippen LogP contribution < -0.4 is 15.4 Å². The third-order valence-electron chi connectivity index (χ3n) is 4.41. The highest BCUT2D eigenvalue weighted by Crippen LogP contribution is 2.28. The largest absolute Gasteiger partial charge is 0.488 e. The Kier molecular flexibility index (Phi) is 6.50. The van der Waals surface area contributed by atoms with Gasteiger partial charge in [0.1, 0.15) is 11.9 Å². The summed E-state index contributed by atoms with van der Waals surface area (Å²) < 4.78 is 5.93. The summed E-state index contributed by atoms with van der Waals surface area (Å²) in [6.07, 6.45) is 1.13. The lowest BCUT2D eigenvalue weighted by Gasteiger charge is -2.15. The lowest BCUT2D eigenvalue weighted by Crippen LogP contribution is -2.39. The van der Waals surface area contributed by atoms with E-state index in [0.717, 1.165) is 30.2 Å². The van der Waals surface area contributed by atoms with Crippen molar-refractivity contribution >= 4 is 5.96 Å². The van der Waals surface area contributed by atoms with Crippen LogP contribution >= 0.6 is 0 Å². The van der Waals surface area contributed by atoms with Gasteiger partial charge < -0.3 is 20.5 Å². The molecular formula is C21H27N3O2. The number of guanidine groups is 1. The lowest BCUT2D eigenvalue weighted by atomic mass is 10.1. The Morgan fingerprint density at radius 1 is 1.15 bits per heavy atom. The molecule has 2 aromatic rings. The second-order valence-electron chi connectivity index (χ2n) is 6.41. The smallest absolute Gasteiger partial charge is 0.191 e. The zero-order chi connectivity index (χ0) is 18.2. The van der Waals surface area contributed by atoms with Gasteiger partial charge in [0.15, 0.2) is 5.96 Å². The van der Waals surface area contributed by atoms with Gasteiger partial charge in [0, 0.05) is 19.5 Å². The normalized spacial score (nSPS) is 17.3. The van der Waals surface area contributed by atoms with E-state index in [4.69, 9.17) is 4.74 Å². The van der Waals surface area contributed by atoms with Crippen molar-refractivity contribution in [1.82, 2.24) is 10.6 Å². The first-order chi connectivity index (χ1) is 12.8. The first kappa shape index (κ1) is 18.3. The van der Waals surface area contributed by atoms with Crippen molar-refractivity contribution in [2.24, 2.45) is 4.99 Å². The average molecular weight is 353 g/mol. The summed E-state index contributed by atoms with van der Waals surface area (Å²) in [6, 6.07) is 17.9. The van der Waals surface area contributed by atoms with Crippen molar-refractivity contribution in [3.63, 3.8) is 0 Å². The van der Waals surface area contributed by atoms with E-state index in [9.17, 15) is 5.11 Å². The fourth-order valence-electron chi connectivity index (χ4n) is 3.06. The zero-order valence-electron chi connectivity index (χ0n) is 15.2. The number of aliphatic hydroxyl groups is 1. The molecule has 1 heterocycles. The molecular weight excluding hydrogens is 326 g/mol. The topological polar surface area (TPSA) is 65.9 Å². The van der Waals surface area contributed by atoms with Gasteiger partial charge in [0.2, 0.25) is 0 Å². The summed E-state index contributed by atoms with van der Waals surface area (Å²) in [7, 11) is 0. The molecule has 0 aromatic heterocycles. The Labute approximate surface area is 155 Å². The maximum Gasteiger partial charge on any atom is 0.191 e. The van der Waals surface area contributed by atoms with Crippen LogP contribution in [0.3, 0.4) is 0 Å². The molecule has 26 heavy (non-hydrogen) atoms. The summed E-state index contributed by atoms with van der Waals surface area (Å²) in [4.78, 5) is 4.64. The molecule has 0 bridgehead atoms. The predicted octanol–water partition coefficient (Wildman–Crippen LogP) is 2.67. The third-order valence-corrected chi connectivity index (χ3v) is 4.41. The van der Waals surface area contributed by atoms with E-state index in [1.165, 1.54) is 5.56 Å². The number of fused-ring (bicyclic) bond motifs is 1. The quantitative estimate of drug-likeness (QED) is 0.529. The number of ether oxygens (including phenoxy) is 1. The maximum atomic E-state index is 10.2. The second kappa shape index (κ2) is 9.25. The van der Waals surface area contributed by atoms with E-state index < -0.39 is 6.10 Å². The Morgan fingerprint density at radius 3 is 2.69 bits per heavy atom. The first-order valence-electron chi connectivity index (χ1n) is 9.26. The zero-order valence-corrected chi connectivity index (χ0v) is 15.2. The van der Waals surface area contributed by atoms with Gasteiger partial charge in [0.25, 0.3) is 0 Å². The Balaban J connectivity index is 1.47. The summed E-state index contributed by atoms with van der Waals surface area (Å²) in [6.45, 7) is 4.08. The van der Waals surface area contributed by atoms with Crippen molar-refractivity contribution in [3.8, 4) is 5.75 Å². The molecule has 1 aliphatic rings. The molecule has 0 amide bonds. The van der Waals surface area contributed by atoms with Crippen LogP contribution in [0.4, 0.5) is 0 Å². The number of hydrogen-bond acceptors (Lipinski definition) is 3. The Bertz CT molecular complexity index is 693. The van der Waals surface area contributed by atoms with E-state index in [2.05, 4.69) is 21.7 Å². The van der Waals surface area contributed by atoms with Gasteiger partial charge in [-0.3, -0.25) is 0 Å². The third kappa shape index (κ3) is 4.99. The van der Waals surface area contributed by atoms with Crippen molar-refractivity contribution in [2.45, 2.75) is 32.0 Å². The molecule has 3 N–H and O–H groups in total. The molecule has 1 aliphatic heterocycles. The molecule has 138 valence electrons. The van der Waals surface area contributed by atoms with Crippen molar-refractivity contribution < 1.29 is 9.84 Å². The predicted molar refractivity (Wildman–Crippen MR) is 105 cm³/mol. The highest BCUT2D eigenvalue weighted by atomic mass is 16.5. The molecule has 2 aromatic carbocycles. The van der Waals surface area contributed by atoms with Crippen LogP contribution in [-0.2, 0) is 6.42 Å². The van der Waals surface area contributed by atoms with Crippen LogP contribution in [0.5, 0.6) is 5.75 Å². The fourth-order valence-corrected chi connectivity index (χ4v) is 3.06. The number of benzene rings is 2. The highest BCUT2D eigenvalue weighted by Gasteiger charge is 2.21. The minimum Gasteiger partial charge on any atom is -0.488 e. The van der Waals surface area contributed by atoms with Crippen LogP contribution in [0.15, 0.2) is 59.6 Å². The van der Waals surface area contributed by atoms with Crippen LogP contribution in [0.2, 0.25) is 0 Å². The molecule has 0 spiro atoms. The van der Waals surface area contributed by atoms with Crippen molar-refractivity contribution in [2.75, 3.05) is 19.6 Å². The molecule has 0 aliphatic carbocycles. The molecule has 0 radical (unpaired) electrons. The number of aliphatic imine (C=N–C) groups is 1. The summed E-state index contributed by atoms with van der Waals surface area (Å²) >= 11 is 0. The lowest BCUT2D eigenvalue weighted by molar-refractivity contribution is 0.168. The van der Waals surface area contributed by atoms with Gasteiger partial charge in [0.05, 0.1) is 12.6 Å². The number of rotatable bonds is 7. The van der Waals surface area contributed by atoms with Gasteiger partial charge in [-0.15, -0.1) is 0 Å². The monoisotopic (exact) mass is 353 g/mol. The average Bonchev–Trinajstić information content (AvgIpc) is 3.09. The molecule has 0 fully saturated rings. The maximum absolute atomic E-state index is 10.2. The molecule has 0 saturated carbocycles. The molecule has 5 nitrogen and oxygen atoms in total. The highest BCUT2D eigenvalue weighted by molar-refractivity contribution is 5.79.